The average Bonchev–Trinajstić information content (AvgIpc) is 3.23. The highest BCUT2D eigenvalue weighted by atomic mass is 32.1. The fourth-order valence-electron chi connectivity index (χ4n) is 2.31. The number of amides is 1. The second-order valence-electron chi connectivity index (χ2n) is 5.27. The van der Waals surface area contributed by atoms with Gasteiger partial charge in [-0.05, 0) is 19.1 Å². The monoisotopic (exact) mass is 357 g/mol. The van der Waals surface area contributed by atoms with Gasteiger partial charge in [0.15, 0.2) is 5.69 Å². The van der Waals surface area contributed by atoms with Gasteiger partial charge in [-0.15, -0.1) is 11.3 Å². The summed E-state index contributed by atoms with van der Waals surface area (Å²) < 4.78 is 5.59. The van der Waals surface area contributed by atoms with Crippen molar-refractivity contribution < 1.29 is 19.1 Å². The Morgan fingerprint density at radius 1 is 1.28 bits per heavy atom. The molecule has 7 nitrogen and oxygen atoms in total. The van der Waals surface area contributed by atoms with Crippen LogP contribution in [-0.2, 0) is 11.3 Å². The number of carbonyl (C=O) groups is 2. The maximum Gasteiger partial charge on any atom is 0.323 e. The summed E-state index contributed by atoms with van der Waals surface area (Å²) in [6, 6.07) is 9.20. The highest BCUT2D eigenvalue weighted by Crippen LogP contribution is 2.23. The zero-order valence-corrected chi connectivity index (χ0v) is 14.2. The average molecular weight is 357 g/mol. The van der Waals surface area contributed by atoms with E-state index in [0.717, 1.165) is 5.56 Å². The summed E-state index contributed by atoms with van der Waals surface area (Å²) in [6.07, 6.45) is 1.61. The minimum Gasteiger partial charge on any atom is -0.480 e. The van der Waals surface area contributed by atoms with Crippen LogP contribution in [0.5, 0.6) is 0 Å². The van der Waals surface area contributed by atoms with Crippen molar-refractivity contribution >= 4 is 23.2 Å². The van der Waals surface area contributed by atoms with Crippen molar-refractivity contribution in [3.8, 4) is 11.5 Å². The van der Waals surface area contributed by atoms with Gasteiger partial charge in [0.25, 0.3) is 5.91 Å². The Kier molecular flexibility index (Phi) is 4.90. The Morgan fingerprint density at radius 2 is 2.04 bits per heavy atom. The molecule has 0 aliphatic carbocycles. The van der Waals surface area contributed by atoms with Crippen LogP contribution in [0, 0.1) is 6.92 Å². The highest BCUT2D eigenvalue weighted by molar-refractivity contribution is 7.09. The van der Waals surface area contributed by atoms with Crippen molar-refractivity contribution in [3.63, 3.8) is 0 Å². The molecule has 1 N–H and O–H groups in total. The van der Waals surface area contributed by atoms with Crippen molar-refractivity contribution in [1.82, 2.24) is 14.9 Å². The van der Waals surface area contributed by atoms with E-state index in [1.165, 1.54) is 16.2 Å². The summed E-state index contributed by atoms with van der Waals surface area (Å²) in [4.78, 5) is 33.5. The second-order valence-corrected chi connectivity index (χ2v) is 6.25. The molecule has 0 aliphatic heterocycles. The Morgan fingerprint density at radius 3 is 2.68 bits per heavy atom. The molecule has 128 valence electrons. The number of carboxylic acid groups (broad SMARTS) is 1. The van der Waals surface area contributed by atoms with E-state index in [9.17, 15) is 9.59 Å². The van der Waals surface area contributed by atoms with E-state index < -0.39 is 18.4 Å². The molecule has 0 spiro atoms. The first-order valence-corrected chi connectivity index (χ1v) is 8.35. The fourth-order valence-corrected chi connectivity index (χ4v) is 2.94. The molecule has 2 heterocycles. The van der Waals surface area contributed by atoms with Gasteiger partial charge in [-0.25, -0.2) is 9.97 Å². The molecule has 0 unspecified atom stereocenters. The van der Waals surface area contributed by atoms with Crippen LogP contribution in [0.25, 0.3) is 11.5 Å². The lowest BCUT2D eigenvalue weighted by Gasteiger charge is -2.18. The highest BCUT2D eigenvalue weighted by Gasteiger charge is 2.25. The SMILES string of the molecule is Cc1oc(-c2ccccc2)nc1C(=O)N(CC(=O)O)Cc1nccs1. The molecule has 0 aliphatic rings. The standard InChI is InChI=1S/C17H15N3O4S/c1-11-15(19-16(24-11)12-5-3-2-4-6-12)17(23)20(10-14(21)22)9-13-18-7-8-25-13/h2-8H,9-10H2,1H3,(H,21,22). The molecular formula is C17H15N3O4S. The van der Waals surface area contributed by atoms with Gasteiger partial charge in [0.05, 0.1) is 6.54 Å². The molecule has 3 aromatic rings. The van der Waals surface area contributed by atoms with E-state index in [1.807, 2.05) is 30.3 Å². The summed E-state index contributed by atoms with van der Waals surface area (Å²) >= 11 is 1.36. The number of carboxylic acids is 1. The number of oxazole rings is 1. The van der Waals surface area contributed by atoms with Crippen LogP contribution < -0.4 is 0 Å². The number of benzene rings is 1. The predicted molar refractivity (Wildman–Crippen MR) is 91.2 cm³/mol. The van der Waals surface area contributed by atoms with Gasteiger partial charge in [-0.1, -0.05) is 18.2 Å². The Labute approximate surface area is 147 Å². The van der Waals surface area contributed by atoms with Crippen LogP contribution >= 0.6 is 11.3 Å². The summed E-state index contributed by atoms with van der Waals surface area (Å²) in [5.41, 5.74) is 0.853. The number of nitrogens with zero attached hydrogens (tertiary/aromatic N) is 3. The first kappa shape index (κ1) is 16.8. The van der Waals surface area contributed by atoms with Gasteiger partial charge >= 0.3 is 5.97 Å². The largest absolute Gasteiger partial charge is 0.480 e. The van der Waals surface area contributed by atoms with Gasteiger partial charge in [0.2, 0.25) is 5.89 Å². The van der Waals surface area contributed by atoms with Crippen molar-refractivity contribution in [2.45, 2.75) is 13.5 Å². The first-order valence-electron chi connectivity index (χ1n) is 7.47. The number of aromatic nitrogens is 2. The van der Waals surface area contributed by atoms with Crippen LogP contribution in [0.2, 0.25) is 0 Å². The van der Waals surface area contributed by atoms with E-state index in [1.54, 1.807) is 18.5 Å². The smallest absolute Gasteiger partial charge is 0.323 e. The number of rotatable bonds is 6. The second kappa shape index (κ2) is 7.27. The van der Waals surface area contributed by atoms with Crippen LogP contribution in [-0.4, -0.2) is 38.4 Å². The minimum absolute atomic E-state index is 0.107. The molecule has 25 heavy (non-hydrogen) atoms. The van der Waals surface area contributed by atoms with Crippen molar-refractivity contribution in [1.29, 1.82) is 0 Å². The van der Waals surface area contributed by atoms with Crippen LogP contribution in [0.1, 0.15) is 21.3 Å². The maximum absolute atomic E-state index is 12.8. The third-order valence-electron chi connectivity index (χ3n) is 3.44. The van der Waals surface area contributed by atoms with Crippen LogP contribution in [0.3, 0.4) is 0 Å². The van der Waals surface area contributed by atoms with Gasteiger partial charge in [-0.2, -0.15) is 0 Å². The third kappa shape index (κ3) is 3.92. The number of aliphatic carboxylic acids is 1. The summed E-state index contributed by atoms with van der Waals surface area (Å²) in [7, 11) is 0. The lowest BCUT2D eigenvalue weighted by atomic mass is 10.2. The molecule has 1 amide bonds. The van der Waals surface area contributed by atoms with Crippen molar-refractivity contribution in [2.75, 3.05) is 6.54 Å². The molecule has 0 radical (unpaired) electrons. The Hall–Kier alpha value is -3.00. The molecule has 0 atom stereocenters. The third-order valence-corrected chi connectivity index (χ3v) is 4.21. The Balaban J connectivity index is 1.88. The summed E-state index contributed by atoms with van der Waals surface area (Å²) in [6.45, 7) is 1.30. The minimum atomic E-state index is -1.10. The van der Waals surface area contributed by atoms with Crippen molar-refractivity contribution in [2.24, 2.45) is 0 Å². The number of thiazole rings is 1. The van der Waals surface area contributed by atoms with Crippen LogP contribution in [0.15, 0.2) is 46.3 Å². The maximum atomic E-state index is 12.8. The zero-order valence-electron chi connectivity index (χ0n) is 13.4. The molecule has 0 bridgehead atoms. The quantitative estimate of drug-likeness (QED) is 0.729. The van der Waals surface area contributed by atoms with E-state index in [4.69, 9.17) is 9.52 Å². The molecule has 3 rings (SSSR count). The van der Waals surface area contributed by atoms with E-state index >= 15 is 0 Å². The zero-order chi connectivity index (χ0) is 17.8. The number of hydrogen-bond acceptors (Lipinski definition) is 6. The fraction of sp³-hybridized carbons (Fsp3) is 0.176. The van der Waals surface area contributed by atoms with Gasteiger partial charge < -0.3 is 14.4 Å². The van der Waals surface area contributed by atoms with Crippen LogP contribution in [0.4, 0.5) is 0 Å². The molecule has 0 fully saturated rings. The van der Waals surface area contributed by atoms with E-state index in [2.05, 4.69) is 9.97 Å². The normalized spacial score (nSPS) is 10.6. The predicted octanol–water partition coefficient (Wildman–Crippen LogP) is 2.83. The molecule has 0 saturated heterocycles. The lowest BCUT2D eigenvalue weighted by molar-refractivity contribution is -0.137. The van der Waals surface area contributed by atoms with E-state index in [-0.39, 0.29) is 12.2 Å². The number of aryl methyl sites for hydroxylation is 1. The molecule has 8 heteroatoms. The molecule has 2 aromatic heterocycles. The van der Waals surface area contributed by atoms with Gasteiger partial charge in [-0.3, -0.25) is 9.59 Å². The number of carbonyl (C=O) groups excluding carboxylic acids is 1. The van der Waals surface area contributed by atoms with Crippen molar-refractivity contribution in [3.05, 3.63) is 58.4 Å². The topological polar surface area (TPSA) is 96.5 Å². The lowest BCUT2D eigenvalue weighted by Crippen LogP contribution is -2.35. The molecule has 1 aromatic carbocycles. The van der Waals surface area contributed by atoms with Gasteiger partial charge in [0, 0.05) is 17.1 Å². The summed E-state index contributed by atoms with van der Waals surface area (Å²) in [5, 5.41) is 11.5. The number of hydrogen-bond donors (Lipinski definition) is 1. The van der Waals surface area contributed by atoms with E-state index in [0.29, 0.717) is 16.7 Å². The van der Waals surface area contributed by atoms with Gasteiger partial charge in [0.1, 0.15) is 17.3 Å². The molecular weight excluding hydrogens is 342 g/mol. The first-order chi connectivity index (χ1) is 12.0. The summed E-state index contributed by atoms with van der Waals surface area (Å²) in [5.74, 6) is -0.931. The Bertz CT molecular complexity index is 875. The molecule has 0 saturated carbocycles.